The van der Waals surface area contributed by atoms with Crippen LogP contribution in [0.4, 0.5) is 0 Å². The third-order valence-corrected chi connectivity index (χ3v) is 9.63. The van der Waals surface area contributed by atoms with Crippen molar-refractivity contribution in [2.75, 3.05) is 33.0 Å². The molecule has 16 heteroatoms. The van der Waals surface area contributed by atoms with Gasteiger partial charge in [0.15, 0.2) is 6.10 Å². The summed E-state index contributed by atoms with van der Waals surface area (Å²) >= 11 is 0. The first-order valence-corrected chi connectivity index (χ1v) is 23.3. The number of unbranched alkanes of at least 4 members (excludes halogenated alkanes) is 11. The summed E-state index contributed by atoms with van der Waals surface area (Å²) < 4.78 is 47.6. The van der Waals surface area contributed by atoms with Gasteiger partial charge in [0.2, 0.25) is 0 Å². The average molecular weight is 839 g/mol. The van der Waals surface area contributed by atoms with Crippen LogP contribution in [0.25, 0.3) is 0 Å². The second kappa shape index (κ2) is 36.1. The van der Waals surface area contributed by atoms with Crippen LogP contribution in [0, 0.1) is 5.92 Å². The number of aliphatic hydroxyl groups excluding tert-OH is 2. The highest BCUT2D eigenvalue weighted by molar-refractivity contribution is 7.47. The minimum absolute atomic E-state index is 0.109. The summed E-state index contributed by atoms with van der Waals surface area (Å²) in [5.41, 5.74) is 0. The van der Waals surface area contributed by atoms with E-state index < -0.39 is 66.2 Å². The quantitative estimate of drug-likeness (QED) is 0.0170. The molecule has 326 valence electrons. The summed E-state index contributed by atoms with van der Waals surface area (Å²) in [4.78, 5) is 52.5. The predicted molar refractivity (Wildman–Crippen MR) is 217 cm³/mol. The van der Waals surface area contributed by atoms with Gasteiger partial charge in [0.1, 0.15) is 12.7 Å². The molecule has 0 rings (SSSR count). The van der Waals surface area contributed by atoms with Crippen molar-refractivity contribution in [2.45, 2.75) is 154 Å². The van der Waals surface area contributed by atoms with E-state index in [-0.39, 0.29) is 19.4 Å². The van der Waals surface area contributed by atoms with Gasteiger partial charge >= 0.3 is 27.6 Å². The van der Waals surface area contributed by atoms with Crippen molar-refractivity contribution in [1.82, 2.24) is 0 Å². The second-order valence-corrected chi connectivity index (χ2v) is 16.8. The minimum atomic E-state index is -4.87. The number of phosphoric acid groups is 2. The van der Waals surface area contributed by atoms with Crippen molar-refractivity contribution in [3.63, 3.8) is 0 Å². The maximum Gasteiger partial charge on any atom is 0.472 e. The van der Waals surface area contributed by atoms with E-state index in [0.717, 1.165) is 76.5 Å². The monoisotopic (exact) mass is 838 g/mol. The Hall–Kier alpha value is -1.96. The van der Waals surface area contributed by atoms with Crippen LogP contribution in [0.3, 0.4) is 0 Å². The van der Waals surface area contributed by atoms with Crippen LogP contribution >= 0.6 is 15.6 Å². The molecule has 0 bridgehead atoms. The van der Waals surface area contributed by atoms with Crippen molar-refractivity contribution in [3.8, 4) is 0 Å². The van der Waals surface area contributed by atoms with Gasteiger partial charge in [-0.3, -0.25) is 23.2 Å². The molecule has 0 fully saturated rings. The lowest BCUT2D eigenvalue weighted by molar-refractivity contribution is -0.161. The van der Waals surface area contributed by atoms with E-state index in [2.05, 4.69) is 59.4 Å². The molecule has 1 unspecified atom stereocenters. The van der Waals surface area contributed by atoms with E-state index in [9.17, 15) is 28.7 Å². The van der Waals surface area contributed by atoms with Crippen LogP contribution in [0.15, 0.2) is 48.6 Å². The molecule has 14 nitrogen and oxygen atoms in total. The van der Waals surface area contributed by atoms with Gasteiger partial charge in [-0.2, -0.15) is 0 Å². The summed E-state index contributed by atoms with van der Waals surface area (Å²) in [6.07, 6.45) is 31.5. The van der Waals surface area contributed by atoms with Gasteiger partial charge in [0.25, 0.3) is 0 Å². The SMILES string of the molecule is CC(C)CCCCCCCCCCC(=O)O[C@H](COC(=O)CCC/C=C\C/C=C\C/C=C\C/C=C\CCCCCO)COP(=O)(O)OC[C@@H](O)COP(=O)(O)O. The maximum absolute atomic E-state index is 12.6. The molecule has 0 aliphatic heterocycles. The molecule has 0 spiro atoms. The van der Waals surface area contributed by atoms with Crippen LogP contribution in [-0.2, 0) is 41.8 Å². The Labute approximate surface area is 335 Å². The molecule has 0 saturated heterocycles. The Morgan fingerprint density at radius 3 is 1.62 bits per heavy atom. The average Bonchev–Trinajstić information content (AvgIpc) is 3.14. The van der Waals surface area contributed by atoms with Gasteiger partial charge < -0.3 is 34.4 Å². The summed E-state index contributed by atoms with van der Waals surface area (Å²) in [6.45, 7) is 1.93. The molecular weight excluding hydrogens is 766 g/mol. The van der Waals surface area contributed by atoms with Crippen LogP contribution in [-0.4, -0.2) is 82.1 Å². The fourth-order valence-corrected chi connectivity index (χ4v) is 6.25. The Bertz CT molecular complexity index is 1200. The van der Waals surface area contributed by atoms with Gasteiger partial charge in [0, 0.05) is 19.4 Å². The molecule has 0 aliphatic carbocycles. The predicted octanol–water partition coefficient (Wildman–Crippen LogP) is 8.72. The summed E-state index contributed by atoms with van der Waals surface area (Å²) in [7, 11) is -9.69. The molecule has 0 aromatic heterocycles. The first-order chi connectivity index (χ1) is 26.7. The number of hydrogen-bond acceptors (Lipinski definition) is 11. The number of aliphatic hydroxyl groups is 2. The Morgan fingerprint density at radius 1 is 0.571 bits per heavy atom. The zero-order valence-corrected chi connectivity index (χ0v) is 35.6. The Balaban J connectivity index is 4.62. The van der Waals surface area contributed by atoms with Gasteiger partial charge in [-0.05, 0) is 63.7 Å². The highest BCUT2D eigenvalue weighted by Crippen LogP contribution is 2.43. The summed E-state index contributed by atoms with van der Waals surface area (Å²) in [6, 6.07) is 0. The standard InChI is InChI=1S/C40H72O14P2/c1-36(2)28-24-20-16-13-14-18-22-26-30-40(44)54-38(35-53-56(48,49)52-33-37(42)32-51-55(45,46)47)34-50-39(43)29-25-21-17-12-10-8-6-4-3-5-7-9-11-15-19-23-27-31-41/h3,5-6,8-9,11-12,17,36-38,41-42H,4,7,10,13-16,18-35H2,1-2H3,(H,48,49)(H2,45,46,47)/b5-3-,8-6-,11-9-,17-12-/t37-,38+/m0/s1. The molecule has 0 heterocycles. The van der Waals surface area contributed by atoms with Crippen molar-refractivity contribution < 1.29 is 66.7 Å². The number of esters is 2. The molecule has 0 radical (unpaired) electrons. The highest BCUT2D eigenvalue weighted by atomic mass is 31.2. The molecule has 0 aliphatic rings. The molecule has 5 N–H and O–H groups in total. The zero-order valence-electron chi connectivity index (χ0n) is 33.8. The maximum atomic E-state index is 12.6. The molecular formula is C40H72O14P2. The van der Waals surface area contributed by atoms with E-state index in [1.165, 1.54) is 25.7 Å². The number of carbonyl (C=O) groups excluding carboxylic acids is 2. The molecule has 3 atom stereocenters. The Morgan fingerprint density at radius 2 is 1.05 bits per heavy atom. The van der Waals surface area contributed by atoms with Gasteiger partial charge in [-0.15, -0.1) is 0 Å². The zero-order chi connectivity index (χ0) is 41.8. The van der Waals surface area contributed by atoms with Crippen molar-refractivity contribution in [2.24, 2.45) is 5.92 Å². The lowest BCUT2D eigenvalue weighted by atomic mass is 10.0. The van der Waals surface area contributed by atoms with Gasteiger partial charge in [0.05, 0.1) is 19.8 Å². The van der Waals surface area contributed by atoms with Crippen LogP contribution in [0.1, 0.15) is 142 Å². The third-order valence-electron chi connectivity index (χ3n) is 8.19. The first kappa shape index (κ1) is 54.0. The number of carbonyl (C=O) groups is 2. The summed E-state index contributed by atoms with van der Waals surface area (Å²) in [5, 5.41) is 18.5. The van der Waals surface area contributed by atoms with Crippen LogP contribution in [0.2, 0.25) is 0 Å². The molecule has 0 aromatic rings. The lowest BCUT2D eigenvalue weighted by Crippen LogP contribution is -2.30. The minimum Gasteiger partial charge on any atom is -0.462 e. The van der Waals surface area contributed by atoms with Crippen molar-refractivity contribution in [3.05, 3.63) is 48.6 Å². The lowest BCUT2D eigenvalue weighted by Gasteiger charge is -2.20. The highest BCUT2D eigenvalue weighted by Gasteiger charge is 2.28. The molecule has 0 aromatic carbocycles. The van der Waals surface area contributed by atoms with E-state index in [1.807, 2.05) is 12.2 Å². The smallest absolute Gasteiger partial charge is 0.462 e. The fraction of sp³-hybridized carbons (Fsp3) is 0.750. The van der Waals surface area contributed by atoms with Crippen molar-refractivity contribution >= 4 is 27.6 Å². The van der Waals surface area contributed by atoms with E-state index in [1.54, 1.807) is 0 Å². The molecule has 0 saturated carbocycles. The molecule has 56 heavy (non-hydrogen) atoms. The van der Waals surface area contributed by atoms with E-state index in [0.29, 0.717) is 19.3 Å². The van der Waals surface area contributed by atoms with Crippen molar-refractivity contribution in [1.29, 1.82) is 0 Å². The number of allylic oxidation sites excluding steroid dienone is 8. The van der Waals surface area contributed by atoms with Gasteiger partial charge in [-0.25, -0.2) is 9.13 Å². The Kier molecular flexibility index (Phi) is 34.9. The van der Waals surface area contributed by atoms with E-state index >= 15 is 0 Å². The largest absolute Gasteiger partial charge is 0.472 e. The number of phosphoric ester groups is 2. The topological polar surface area (TPSA) is 216 Å². The van der Waals surface area contributed by atoms with E-state index in [4.69, 9.17) is 28.9 Å². The van der Waals surface area contributed by atoms with Crippen LogP contribution in [0.5, 0.6) is 0 Å². The molecule has 0 amide bonds. The summed E-state index contributed by atoms with van der Waals surface area (Å²) in [5.74, 6) is -0.387. The first-order valence-electron chi connectivity index (χ1n) is 20.3. The third kappa shape index (κ3) is 40.2. The van der Waals surface area contributed by atoms with Gasteiger partial charge in [-0.1, -0.05) is 120 Å². The number of hydrogen-bond donors (Lipinski definition) is 5. The normalized spacial score (nSPS) is 14.7. The van der Waals surface area contributed by atoms with Crippen LogP contribution < -0.4 is 0 Å². The fourth-order valence-electron chi connectivity index (χ4n) is 5.09. The number of ether oxygens (including phenoxy) is 2. The second-order valence-electron chi connectivity index (χ2n) is 14.1. The number of rotatable bonds is 38.